The molecule has 104 valence electrons. The molecule has 2 rings (SSSR count). The third-order valence-electron chi connectivity index (χ3n) is 3.29. The molecular formula is C15H23N3O. The Morgan fingerprint density at radius 1 is 1.37 bits per heavy atom. The Bertz CT molecular complexity index is 429. The lowest BCUT2D eigenvalue weighted by Gasteiger charge is -2.18. The van der Waals surface area contributed by atoms with E-state index in [9.17, 15) is 4.79 Å². The molecule has 0 aliphatic heterocycles. The molecule has 19 heavy (non-hydrogen) atoms. The number of anilines is 1. The summed E-state index contributed by atoms with van der Waals surface area (Å²) in [6, 6.07) is 8.47. The standard InChI is InChI=1S/C15H23N3O/c1-3-10-16-11(2)13-6-4-5-7-14(13)18-15(19)17-12-8-9-12/h4-7,11-12,16H,3,8-10H2,1-2H3,(H2,17,18,19). The molecule has 0 bridgehead atoms. The first kappa shape index (κ1) is 13.9. The van der Waals surface area contributed by atoms with Crippen molar-refractivity contribution >= 4 is 11.7 Å². The normalized spacial score (nSPS) is 15.9. The van der Waals surface area contributed by atoms with E-state index in [4.69, 9.17) is 0 Å². The molecule has 4 nitrogen and oxygen atoms in total. The molecule has 1 fully saturated rings. The van der Waals surface area contributed by atoms with Crippen LogP contribution in [0.2, 0.25) is 0 Å². The van der Waals surface area contributed by atoms with Gasteiger partial charge in [0, 0.05) is 17.8 Å². The Hall–Kier alpha value is -1.55. The number of nitrogens with one attached hydrogen (secondary N) is 3. The van der Waals surface area contributed by atoms with Crippen molar-refractivity contribution in [2.45, 2.75) is 45.2 Å². The molecule has 0 spiro atoms. The lowest BCUT2D eigenvalue weighted by molar-refractivity contribution is 0.251. The highest BCUT2D eigenvalue weighted by Gasteiger charge is 2.23. The highest BCUT2D eigenvalue weighted by Crippen LogP contribution is 2.23. The second-order valence-corrected chi connectivity index (χ2v) is 5.14. The fourth-order valence-corrected chi connectivity index (χ4v) is 2.03. The maximum atomic E-state index is 11.8. The van der Waals surface area contributed by atoms with Crippen LogP contribution in [-0.4, -0.2) is 18.6 Å². The summed E-state index contributed by atoms with van der Waals surface area (Å²) in [6.45, 7) is 5.24. The number of urea groups is 1. The third kappa shape index (κ3) is 4.24. The second-order valence-electron chi connectivity index (χ2n) is 5.14. The van der Waals surface area contributed by atoms with Crippen LogP contribution in [0.5, 0.6) is 0 Å². The summed E-state index contributed by atoms with van der Waals surface area (Å²) in [6.07, 6.45) is 3.30. The average molecular weight is 261 g/mol. The number of hydrogen-bond donors (Lipinski definition) is 3. The molecule has 1 atom stereocenters. The minimum atomic E-state index is -0.0994. The molecule has 0 radical (unpaired) electrons. The minimum absolute atomic E-state index is 0.0994. The topological polar surface area (TPSA) is 53.2 Å². The molecule has 1 aliphatic rings. The van der Waals surface area contributed by atoms with Crippen LogP contribution in [-0.2, 0) is 0 Å². The van der Waals surface area contributed by atoms with Crippen LogP contribution in [0.25, 0.3) is 0 Å². The number of carbonyl (C=O) groups excluding carboxylic acids is 1. The van der Waals surface area contributed by atoms with Gasteiger partial charge in [0.25, 0.3) is 0 Å². The molecule has 0 aromatic heterocycles. The van der Waals surface area contributed by atoms with Crippen molar-refractivity contribution in [3.63, 3.8) is 0 Å². The molecular weight excluding hydrogens is 238 g/mol. The van der Waals surface area contributed by atoms with Crippen molar-refractivity contribution in [3.05, 3.63) is 29.8 Å². The van der Waals surface area contributed by atoms with Crippen molar-refractivity contribution in [3.8, 4) is 0 Å². The molecule has 4 heteroatoms. The lowest BCUT2D eigenvalue weighted by atomic mass is 10.1. The summed E-state index contributed by atoms with van der Waals surface area (Å²) < 4.78 is 0. The van der Waals surface area contributed by atoms with Crippen LogP contribution in [0.15, 0.2) is 24.3 Å². The Morgan fingerprint density at radius 2 is 2.11 bits per heavy atom. The van der Waals surface area contributed by atoms with Crippen LogP contribution >= 0.6 is 0 Å². The minimum Gasteiger partial charge on any atom is -0.335 e. The average Bonchev–Trinajstić information content (AvgIpc) is 3.20. The van der Waals surface area contributed by atoms with E-state index in [0.717, 1.165) is 37.1 Å². The Kier molecular flexibility index (Phi) is 4.80. The van der Waals surface area contributed by atoms with Crippen LogP contribution in [0.1, 0.15) is 44.7 Å². The zero-order chi connectivity index (χ0) is 13.7. The summed E-state index contributed by atoms with van der Waals surface area (Å²) in [4.78, 5) is 11.8. The first-order chi connectivity index (χ1) is 9.20. The predicted octanol–water partition coefficient (Wildman–Crippen LogP) is 3.03. The monoisotopic (exact) mass is 261 g/mol. The van der Waals surface area contributed by atoms with E-state index in [1.54, 1.807) is 0 Å². The van der Waals surface area contributed by atoms with Gasteiger partial charge in [-0.1, -0.05) is 25.1 Å². The molecule has 1 unspecified atom stereocenters. The van der Waals surface area contributed by atoms with Gasteiger partial charge in [-0.05, 0) is 44.4 Å². The first-order valence-corrected chi connectivity index (χ1v) is 7.10. The van der Waals surface area contributed by atoms with Gasteiger partial charge in [-0.2, -0.15) is 0 Å². The summed E-state index contributed by atoms with van der Waals surface area (Å²) in [7, 11) is 0. The Labute approximate surface area is 115 Å². The predicted molar refractivity (Wildman–Crippen MR) is 78.3 cm³/mol. The van der Waals surface area contributed by atoms with Crippen LogP contribution in [0.3, 0.4) is 0 Å². The SMILES string of the molecule is CCCNC(C)c1ccccc1NC(=O)NC1CC1. The Morgan fingerprint density at radius 3 is 2.79 bits per heavy atom. The van der Waals surface area contributed by atoms with Gasteiger partial charge in [0.1, 0.15) is 0 Å². The molecule has 1 aromatic rings. The summed E-state index contributed by atoms with van der Waals surface area (Å²) in [5, 5.41) is 9.33. The zero-order valence-corrected chi connectivity index (χ0v) is 11.7. The van der Waals surface area contributed by atoms with Crippen molar-refractivity contribution in [2.24, 2.45) is 0 Å². The molecule has 1 aromatic carbocycles. The molecule has 1 saturated carbocycles. The fourth-order valence-electron chi connectivity index (χ4n) is 2.03. The number of benzene rings is 1. The van der Waals surface area contributed by atoms with Gasteiger partial charge in [-0.3, -0.25) is 0 Å². The van der Waals surface area contributed by atoms with E-state index >= 15 is 0 Å². The molecule has 0 heterocycles. The number of hydrogen-bond acceptors (Lipinski definition) is 2. The first-order valence-electron chi connectivity index (χ1n) is 7.10. The molecule has 2 amide bonds. The van der Waals surface area contributed by atoms with E-state index in [2.05, 4.69) is 35.9 Å². The van der Waals surface area contributed by atoms with Gasteiger partial charge in [0.2, 0.25) is 0 Å². The largest absolute Gasteiger partial charge is 0.335 e. The summed E-state index contributed by atoms with van der Waals surface area (Å²) >= 11 is 0. The van der Waals surface area contributed by atoms with Gasteiger partial charge in [-0.15, -0.1) is 0 Å². The smallest absolute Gasteiger partial charge is 0.319 e. The quantitative estimate of drug-likeness (QED) is 0.737. The van der Waals surface area contributed by atoms with E-state index in [1.165, 1.54) is 0 Å². The van der Waals surface area contributed by atoms with Gasteiger partial charge in [-0.25, -0.2) is 4.79 Å². The number of rotatable bonds is 6. The van der Waals surface area contributed by atoms with Crippen LogP contribution < -0.4 is 16.0 Å². The van der Waals surface area contributed by atoms with Crippen molar-refractivity contribution in [1.82, 2.24) is 10.6 Å². The highest BCUT2D eigenvalue weighted by atomic mass is 16.2. The second kappa shape index (κ2) is 6.57. The van der Waals surface area contributed by atoms with Crippen molar-refractivity contribution < 1.29 is 4.79 Å². The van der Waals surface area contributed by atoms with Crippen molar-refractivity contribution in [2.75, 3.05) is 11.9 Å². The molecule has 1 aliphatic carbocycles. The number of amides is 2. The molecule has 3 N–H and O–H groups in total. The van der Waals surface area contributed by atoms with Gasteiger partial charge >= 0.3 is 6.03 Å². The third-order valence-corrected chi connectivity index (χ3v) is 3.29. The summed E-state index contributed by atoms with van der Waals surface area (Å²) in [5.74, 6) is 0. The fraction of sp³-hybridized carbons (Fsp3) is 0.533. The maximum Gasteiger partial charge on any atom is 0.319 e. The Balaban J connectivity index is 1.99. The van der Waals surface area contributed by atoms with Crippen LogP contribution in [0, 0.1) is 0 Å². The maximum absolute atomic E-state index is 11.8. The van der Waals surface area contributed by atoms with E-state index in [1.807, 2.05) is 18.2 Å². The van der Waals surface area contributed by atoms with Crippen LogP contribution in [0.4, 0.5) is 10.5 Å². The number of carbonyl (C=O) groups is 1. The van der Waals surface area contributed by atoms with E-state index < -0.39 is 0 Å². The summed E-state index contributed by atoms with van der Waals surface area (Å²) in [5.41, 5.74) is 2.01. The van der Waals surface area contributed by atoms with Gasteiger partial charge < -0.3 is 16.0 Å². The highest BCUT2D eigenvalue weighted by molar-refractivity contribution is 5.90. The lowest BCUT2D eigenvalue weighted by Crippen LogP contribution is -2.31. The van der Waals surface area contributed by atoms with E-state index in [0.29, 0.717) is 6.04 Å². The van der Waals surface area contributed by atoms with Crippen molar-refractivity contribution in [1.29, 1.82) is 0 Å². The molecule has 0 saturated heterocycles. The van der Waals surface area contributed by atoms with Gasteiger partial charge in [0.05, 0.1) is 0 Å². The van der Waals surface area contributed by atoms with E-state index in [-0.39, 0.29) is 12.1 Å². The van der Waals surface area contributed by atoms with Gasteiger partial charge in [0.15, 0.2) is 0 Å². The number of para-hydroxylation sites is 1. The zero-order valence-electron chi connectivity index (χ0n) is 11.7.